The highest BCUT2D eigenvalue weighted by molar-refractivity contribution is 5.75. The molecule has 3 unspecified atom stereocenters. The van der Waals surface area contributed by atoms with Crippen molar-refractivity contribution in [2.24, 2.45) is 11.8 Å². The van der Waals surface area contributed by atoms with Gasteiger partial charge in [-0.25, -0.2) is 0 Å². The maximum absolute atomic E-state index is 11.7. The van der Waals surface area contributed by atoms with Crippen LogP contribution in [0.5, 0.6) is 0 Å². The highest BCUT2D eigenvalue weighted by atomic mass is 16.5. The van der Waals surface area contributed by atoms with Gasteiger partial charge in [-0.1, -0.05) is 12.8 Å². The first-order valence-corrected chi connectivity index (χ1v) is 7.07. The molecule has 18 heavy (non-hydrogen) atoms. The molecule has 0 aromatic heterocycles. The van der Waals surface area contributed by atoms with E-state index in [2.05, 4.69) is 5.32 Å². The van der Waals surface area contributed by atoms with Crippen LogP contribution in [0.4, 0.5) is 0 Å². The van der Waals surface area contributed by atoms with E-state index in [0.29, 0.717) is 24.8 Å². The summed E-state index contributed by atoms with van der Waals surface area (Å²) in [5, 5.41) is 12.3. The molecule has 1 amide bonds. The molecule has 0 aliphatic heterocycles. The summed E-state index contributed by atoms with van der Waals surface area (Å²) >= 11 is 0. The number of carbonyl (C=O) groups excluding carboxylic acids is 1. The molecular formula is C14H27NO3. The molecule has 1 fully saturated rings. The number of nitrogens with one attached hydrogen (secondary N) is 1. The van der Waals surface area contributed by atoms with Gasteiger partial charge in [0.2, 0.25) is 5.91 Å². The standard InChI is InChI=1S/C14H27NO3/c1-11(18-2)7-8-14(17)15-9-12-5-3-4-6-13(12)10-16/h11-13,16H,3-10H2,1-2H3,(H,15,17). The average Bonchev–Trinajstić information content (AvgIpc) is 2.42. The van der Waals surface area contributed by atoms with Crippen LogP contribution in [0.15, 0.2) is 0 Å². The molecule has 1 rings (SSSR count). The zero-order valence-corrected chi connectivity index (χ0v) is 11.7. The number of ether oxygens (including phenoxy) is 1. The number of rotatable bonds is 7. The molecule has 106 valence electrons. The zero-order chi connectivity index (χ0) is 13.4. The van der Waals surface area contributed by atoms with E-state index in [4.69, 9.17) is 4.74 Å². The van der Waals surface area contributed by atoms with Gasteiger partial charge in [-0.15, -0.1) is 0 Å². The number of hydrogen-bond donors (Lipinski definition) is 2. The van der Waals surface area contributed by atoms with Gasteiger partial charge in [0.05, 0.1) is 6.10 Å². The highest BCUT2D eigenvalue weighted by Crippen LogP contribution is 2.29. The van der Waals surface area contributed by atoms with Crippen LogP contribution in [0.2, 0.25) is 0 Å². The molecule has 1 aliphatic rings. The second-order valence-electron chi connectivity index (χ2n) is 5.38. The Morgan fingerprint density at radius 2 is 2.06 bits per heavy atom. The lowest BCUT2D eigenvalue weighted by atomic mass is 9.79. The molecule has 0 bridgehead atoms. The Bertz CT molecular complexity index is 245. The van der Waals surface area contributed by atoms with Gasteiger partial charge in [0.25, 0.3) is 0 Å². The third-order valence-electron chi connectivity index (χ3n) is 4.04. The van der Waals surface area contributed by atoms with Crippen molar-refractivity contribution in [2.45, 2.75) is 51.6 Å². The van der Waals surface area contributed by atoms with E-state index in [1.807, 2.05) is 6.92 Å². The van der Waals surface area contributed by atoms with Crippen LogP contribution in [0, 0.1) is 11.8 Å². The minimum atomic E-state index is 0.0983. The molecule has 0 aromatic carbocycles. The lowest BCUT2D eigenvalue weighted by Gasteiger charge is -2.30. The third kappa shape index (κ3) is 5.36. The Morgan fingerprint density at radius 3 is 2.67 bits per heavy atom. The van der Waals surface area contributed by atoms with Crippen molar-refractivity contribution in [1.29, 1.82) is 0 Å². The summed E-state index contributed by atoms with van der Waals surface area (Å²) in [6, 6.07) is 0. The summed E-state index contributed by atoms with van der Waals surface area (Å²) in [6.07, 6.45) is 6.06. The Morgan fingerprint density at radius 1 is 1.39 bits per heavy atom. The largest absolute Gasteiger partial charge is 0.396 e. The molecule has 0 saturated heterocycles. The smallest absolute Gasteiger partial charge is 0.220 e. The fourth-order valence-electron chi connectivity index (χ4n) is 2.58. The van der Waals surface area contributed by atoms with Gasteiger partial charge >= 0.3 is 0 Å². The molecule has 4 nitrogen and oxygen atoms in total. The lowest BCUT2D eigenvalue weighted by molar-refractivity contribution is -0.122. The molecule has 0 heterocycles. The zero-order valence-electron chi connectivity index (χ0n) is 11.7. The van der Waals surface area contributed by atoms with E-state index < -0.39 is 0 Å². The monoisotopic (exact) mass is 257 g/mol. The number of carbonyl (C=O) groups is 1. The summed E-state index contributed by atoms with van der Waals surface area (Å²) in [5.41, 5.74) is 0. The Labute approximate surface area is 110 Å². The van der Waals surface area contributed by atoms with E-state index in [9.17, 15) is 9.90 Å². The number of methoxy groups -OCH3 is 1. The molecule has 3 atom stereocenters. The first kappa shape index (κ1) is 15.4. The Kier molecular flexibility index (Phi) is 7.28. The molecule has 1 aliphatic carbocycles. The van der Waals surface area contributed by atoms with Crippen LogP contribution >= 0.6 is 0 Å². The van der Waals surface area contributed by atoms with Crippen LogP contribution < -0.4 is 5.32 Å². The predicted octanol–water partition coefficient (Wildman–Crippen LogP) is 1.72. The van der Waals surface area contributed by atoms with Gasteiger partial charge in [-0.2, -0.15) is 0 Å². The van der Waals surface area contributed by atoms with Crippen molar-refractivity contribution < 1.29 is 14.6 Å². The average molecular weight is 257 g/mol. The van der Waals surface area contributed by atoms with Crippen LogP contribution in [0.1, 0.15) is 45.4 Å². The van der Waals surface area contributed by atoms with E-state index in [-0.39, 0.29) is 18.6 Å². The fourth-order valence-corrected chi connectivity index (χ4v) is 2.58. The van der Waals surface area contributed by atoms with Gasteiger partial charge in [0.1, 0.15) is 0 Å². The number of aliphatic hydroxyl groups is 1. The van der Waals surface area contributed by atoms with E-state index in [1.54, 1.807) is 7.11 Å². The van der Waals surface area contributed by atoms with Crippen molar-refractivity contribution in [1.82, 2.24) is 5.32 Å². The van der Waals surface area contributed by atoms with E-state index in [1.165, 1.54) is 12.8 Å². The second kappa shape index (κ2) is 8.48. The van der Waals surface area contributed by atoms with Gasteiger partial charge < -0.3 is 15.2 Å². The van der Waals surface area contributed by atoms with Crippen molar-refractivity contribution >= 4 is 5.91 Å². The second-order valence-corrected chi connectivity index (χ2v) is 5.38. The molecule has 0 spiro atoms. The molecular weight excluding hydrogens is 230 g/mol. The molecule has 0 aromatic rings. The summed E-state index contributed by atoms with van der Waals surface area (Å²) in [6.45, 7) is 2.93. The topological polar surface area (TPSA) is 58.6 Å². The van der Waals surface area contributed by atoms with Gasteiger partial charge in [0, 0.05) is 26.7 Å². The number of aliphatic hydroxyl groups excluding tert-OH is 1. The normalized spacial score (nSPS) is 25.7. The number of amides is 1. The van der Waals surface area contributed by atoms with Crippen LogP contribution in [0.3, 0.4) is 0 Å². The lowest BCUT2D eigenvalue weighted by Crippen LogP contribution is -2.35. The minimum Gasteiger partial charge on any atom is -0.396 e. The first-order valence-electron chi connectivity index (χ1n) is 7.07. The van der Waals surface area contributed by atoms with Gasteiger partial charge in [-0.3, -0.25) is 4.79 Å². The first-order chi connectivity index (χ1) is 8.67. The predicted molar refractivity (Wildman–Crippen MR) is 71.2 cm³/mol. The summed E-state index contributed by atoms with van der Waals surface area (Å²) in [7, 11) is 1.66. The molecule has 2 N–H and O–H groups in total. The molecule has 1 saturated carbocycles. The van der Waals surface area contributed by atoms with Crippen molar-refractivity contribution in [2.75, 3.05) is 20.3 Å². The molecule has 0 radical (unpaired) electrons. The Hall–Kier alpha value is -0.610. The van der Waals surface area contributed by atoms with Gasteiger partial charge in [0.15, 0.2) is 0 Å². The van der Waals surface area contributed by atoms with E-state index in [0.717, 1.165) is 19.3 Å². The number of hydrogen-bond acceptors (Lipinski definition) is 3. The van der Waals surface area contributed by atoms with Crippen molar-refractivity contribution in [3.8, 4) is 0 Å². The minimum absolute atomic E-state index is 0.0983. The van der Waals surface area contributed by atoms with E-state index >= 15 is 0 Å². The SMILES string of the molecule is COC(C)CCC(=O)NCC1CCCCC1CO. The Balaban J connectivity index is 2.20. The van der Waals surface area contributed by atoms with Gasteiger partial charge in [-0.05, 0) is 38.0 Å². The highest BCUT2D eigenvalue weighted by Gasteiger charge is 2.24. The third-order valence-corrected chi connectivity index (χ3v) is 4.04. The quantitative estimate of drug-likeness (QED) is 0.730. The maximum atomic E-state index is 11.7. The van der Waals surface area contributed by atoms with Crippen LogP contribution in [-0.4, -0.2) is 37.4 Å². The summed E-state index contributed by atoms with van der Waals surface area (Å²) < 4.78 is 5.12. The molecule has 4 heteroatoms. The van der Waals surface area contributed by atoms with Crippen LogP contribution in [-0.2, 0) is 9.53 Å². The van der Waals surface area contributed by atoms with Crippen molar-refractivity contribution in [3.05, 3.63) is 0 Å². The summed E-state index contributed by atoms with van der Waals surface area (Å²) in [4.78, 5) is 11.7. The summed E-state index contributed by atoms with van der Waals surface area (Å²) in [5.74, 6) is 0.922. The van der Waals surface area contributed by atoms with Crippen molar-refractivity contribution in [3.63, 3.8) is 0 Å². The fraction of sp³-hybridized carbons (Fsp3) is 0.929. The van der Waals surface area contributed by atoms with Crippen LogP contribution in [0.25, 0.3) is 0 Å². The maximum Gasteiger partial charge on any atom is 0.220 e.